The molecular formula is C15H15NO7S. The molecule has 0 fully saturated rings. The van der Waals surface area contributed by atoms with Gasteiger partial charge in [0.15, 0.2) is 12.4 Å². The number of sulfonamides is 1. The van der Waals surface area contributed by atoms with Crippen LogP contribution in [0.25, 0.3) is 0 Å². The fraction of sp³-hybridized carbons (Fsp3) is 0.200. The number of hydrogen-bond acceptors (Lipinski definition) is 7. The summed E-state index contributed by atoms with van der Waals surface area (Å²) in [5.41, 5.74) is 0.343. The molecule has 0 saturated heterocycles. The Morgan fingerprint density at radius 2 is 1.79 bits per heavy atom. The highest BCUT2D eigenvalue weighted by Crippen LogP contribution is 2.15. The van der Waals surface area contributed by atoms with Crippen LogP contribution in [0.15, 0.2) is 45.9 Å². The summed E-state index contributed by atoms with van der Waals surface area (Å²) in [7, 11) is -4.05. The Kier molecular flexibility index (Phi) is 5.37. The van der Waals surface area contributed by atoms with Gasteiger partial charge in [0.2, 0.25) is 10.9 Å². The molecule has 1 heterocycles. The van der Waals surface area contributed by atoms with Crippen molar-refractivity contribution in [2.24, 2.45) is 5.14 Å². The number of nitrogens with two attached hydrogens (primary N) is 1. The first-order chi connectivity index (χ1) is 11.3. The van der Waals surface area contributed by atoms with Crippen LogP contribution in [-0.4, -0.2) is 33.4 Å². The van der Waals surface area contributed by atoms with Crippen LogP contribution < -0.4 is 9.88 Å². The first-order valence-corrected chi connectivity index (χ1v) is 8.41. The molecular weight excluding hydrogens is 338 g/mol. The second-order valence-electron chi connectivity index (χ2n) is 4.62. The van der Waals surface area contributed by atoms with Gasteiger partial charge < -0.3 is 13.9 Å². The normalized spacial score (nSPS) is 11.1. The lowest BCUT2D eigenvalue weighted by Gasteiger charge is -2.05. The second kappa shape index (κ2) is 7.28. The first kappa shape index (κ1) is 17.7. The zero-order chi connectivity index (χ0) is 17.7. The number of hydrogen-bond donors (Lipinski definition) is 1. The molecule has 0 radical (unpaired) electrons. The van der Waals surface area contributed by atoms with Crippen molar-refractivity contribution in [3.8, 4) is 5.75 Å². The summed E-state index contributed by atoms with van der Waals surface area (Å²) in [6, 6.07) is 8.48. The van der Waals surface area contributed by atoms with Crippen molar-refractivity contribution in [1.29, 1.82) is 0 Å². The Morgan fingerprint density at radius 1 is 1.12 bits per heavy atom. The van der Waals surface area contributed by atoms with Crippen LogP contribution >= 0.6 is 0 Å². The molecule has 0 unspecified atom stereocenters. The molecule has 9 heteroatoms. The Morgan fingerprint density at radius 3 is 2.33 bits per heavy atom. The van der Waals surface area contributed by atoms with E-state index in [1.807, 2.05) is 6.92 Å². The third-order valence-corrected chi connectivity index (χ3v) is 3.66. The summed E-state index contributed by atoms with van der Waals surface area (Å²) in [4.78, 5) is 23.7. The zero-order valence-electron chi connectivity index (χ0n) is 12.7. The van der Waals surface area contributed by atoms with Crippen molar-refractivity contribution in [2.45, 2.75) is 12.0 Å². The van der Waals surface area contributed by atoms with E-state index in [0.29, 0.717) is 17.9 Å². The highest BCUT2D eigenvalue weighted by molar-refractivity contribution is 7.89. The number of primary sulfonamides is 1. The molecule has 2 aromatic rings. The average Bonchev–Trinajstić information content (AvgIpc) is 3.03. The van der Waals surface area contributed by atoms with Gasteiger partial charge in [-0.05, 0) is 43.3 Å². The zero-order valence-corrected chi connectivity index (χ0v) is 13.5. The number of rotatable bonds is 7. The molecule has 8 nitrogen and oxygen atoms in total. The van der Waals surface area contributed by atoms with Crippen molar-refractivity contribution in [1.82, 2.24) is 0 Å². The van der Waals surface area contributed by atoms with Crippen LogP contribution in [0.2, 0.25) is 0 Å². The topological polar surface area (TPSA) is 126 Å². The first-order valence-electron chi connectivity index (χ1n) is 6.87. The van der Waals surface area contributed by atoms with Crippen molar-refractivity contribution in [2.75, 3.05) is 13.2 Å². The number of ketones is 1. The molecule has 0 amide bonds. The Labute approximate surface area is 138 Å². The monoisotopic (exact) mass is 353 g/mol. The predicted octanol–water partition coefficient (Wildman–Crippen LogP) is 1.37. The van der Waals surface area contributed by atoms with E-state index in [1.54, 1.807) is 24.3 Å². The van der Waals surface area contributed by atoms with E-state index in [4.69, 9.17) is 19.0 Å². The van der Waals surface area contributed by atoms with Crippen LogP contribution in [0.1, 0.15) is 27.8 Å². The predicted molar refractivity (Wildman–Crippen MR) is 82.3 cm³/mol. The molecule has 0 atom stereocenters. The van der Waals surface area contributed by atoms with Gasteiger partial charge in [-0.1, -0.05) is 0 Å². The molecule has 24 heavy (non-hydrogen) atoms. The standard InChI is InChI=1S/C15H15NO7S/c1-2-21-11-5-3-10(4-6-11)12(17)9-22-15(18)13-7-8-14(23-13)24(16,19)20/h3-8H,2,9H2,1H3,(H2,16,19,20). The Hall–Kier alpha value is -2.65. The number of Topliss-reactive ketones (excluding diaryl/α,β-unsaturated/α-hetero) is 1. The minimum atomic E-state index is -4.05. The molecule has 2 rings (SSSR count). The minimum absolute atomic E-state index is 0.343. The molecule has 0 bridgehead atoms. The summed E-state index contributed by atoms with van der Waals surface area (Å²) >= 11 is 0. The van der Waals surface area contributed by atoms with E-state index in [2.05, 4.69) is 0 Å². The van der Waals surface area contributed by atoms with Gasteiger partial charge in [0.05, 0.1) is 6.61 Å². The van der Waals surface area contributed by atoms with Gasteiger partial charge in [-0.2, -0.15) is 0 Å². The van der Waals surface area contributed by atoms with Crippen molar-refractivity contribution in [3.05, 3.63) is 47.7 Å². The lowest BCUT2D eigenvalue weighted by Crippen LogP contribution is -2.14. The molecule has 0 aliphatic heterocycles. The molecule has 0 aliphatic carbocycles. The molecule has 1 aromatic carbocycles. The number of ether oxygens (including phenoxy) is 2. The maximum atomic E-state index is 11.9. The van der Waals surface area contributed by atoms with E-state index in [0.717, 1.165) is 12.1 Å². The lowest BCUT2D eigenvalue weighted by molar-refractivity contribution is 0.0438. The Balaban J connectivity index is 1.95. The van der Waals surface area contributed by atoms with E-state index in [1.165, 1.54) is 0 Å². The summed E-state index contributed by atoms with van der Waals surface area (Å²) in [5, 5.41) is 4.30. The van der Waals surface area contributed by atoms with E-state index in [-0.39, 0.29) is 5.76 Å². The largest absolute Gasteiger partial charge is 0.494 e. The molecule has 2 N–H and O–H groups in total. The van der Waals surface area contributed by atoms with Crippen LogP contribution in [0.4, 0.5) is 0 Å². The smallest absolute Gasteiger partial charge is 0.374 e. The minimum Gasteiger partial charge on any atom is -0.494 e. The SMILES string of the molecule is CCOc1ccc(C(=O)COC(=O)c2ccc(S(N)(=O)=O)o2)cc1. The number of furan rings is 1. The van der Waals surface area contributed by atoms with E-state index >= 15 is 0 Å². The Bertz CT molecular complexity index is 837. The quantitative estimate of drug-likeness (QED) is 0.588. The molecule has 1 aromatic heterocycles. The van der Waals surface area contributed by atoms with E-state index in [9.17, 15) is 18.0 Å². The van der Waals surface area contributed by atoms with Crippen LogP contribution in [0.3, 0.4) is 0 Å². The summed E-state index contributed by atoms with van der Waals surface area (Å²) in [6.45, 7) is 1.83. The number of benzene rings is 1. The number of carbonyl (C=O) groups is 2. The van der Waals surface area contributed by atoms with Gasteiger partial charge in [-0.15, -0.1) is 0 Å². The van der Waals surface area contributed by atoms with Gasteiger partial charge in [-0.25, -0.2) is 18.4 Å². The summed E-state index contributed by atoms with van der Waals surface area (Å²) in [5.74, 6) is -1.13. The highest BCUT2D eigenvalue weighted by Gasteiger charge is 2.19. The van der Waals surface area contributed by atoms with Crippen molar-refractivity contribution < 1.29 is 31.9 Å². The second-order valence-corrected chi connectivity index (χ2v) is 6.11. The average molecular weight is 353 g/mol. The third kappa shape index (κ3) is 4.43. The van der Waals surface area contributed by atoms with Crippen LogP contribution in [0.5, 0.6) is 5.75 Å². The van der Waals surface area contributed by atoms with E-state index < -0.39 is 33.5 Å². The lowest BCUT2D eigenvalue weighted by atomic mass is 10.1. The summed E-state index contributed by atoms with van der Waals surface area (Å²) < 4.78 is 37.0. The van der Waals surface area contributed by atoms with Crippen molar-refractivity contribution in [3.63, 3.8) is 0 Å². The van der Waals surface area contributed by atoms with Crippen molar-refractivity contribution >= 4 is 21.8 Å². The van der Waals surface area contributed by atoms with Gasteiger partial charge in [0.25, 0.3) is 10.0 Å². The third-order valence-electron chi connectivity index (χ3n) is 2.88. The van der Waals surface area contributed by atoms with Gasteiger partial charge >= 0.3 is 5.97 Å². The molecule has 128 valence electrons. The molecule has 0 spiro atoms. The maximum Gasteiger partial charge on any atom is 0.374 e. The summed E-state index contributed by atoms with van der Waals surface area (Å²) in [6.07, 6.45) is 0. The number of carbonyl (C=O) groups excluding carboxylic acids is 2. The van der Waals surface area contributed by atoms with Gasteiger partial charge in [0, 0.05) is 5.56 Å². The van der Waals surface area contributed by atoms with Gasteiger partial charge in [-0.3, -0.25) is 4.79 Å². The highest BCUT2D eigenvalue weighted by atomic mass is 32.2. The fourth-order valence-electron chi connectivity index (χ4n) is 1.77. The van der Waals surface area contributed by atoms with Crippen LogP contribution in [0, 0.1) is 0 Å². The van der Waals surface area contributed by atoms with Gasteiger partial charge in [0.1, 0.15) is 5.75 Å². The van der Waals surface area contributed by atoms with Crippen LogP contribution in [-0.2, 0) is 14.8 Å². The fourth-order valence-corrected chi connectivity index (χ4v) is 2.24. The molecule has 0 aliphatic rings. The number of esters is 1. The molecule has 0 saturated carbocycles. The maximum absolute atomic E-state index is 11.9.